The molecule has 0 spiro atoms. The number of hydrogen-bond acceptors (Lipinski definition) is 6. The first-order valence-electron chi connectivity index (χ1n) is 8.64. The molecule has 1 N–H and O–H groups in total. The van der Waals surface area contributed by atoms with E-state index in [2.05, 4.69) is 15.4 Å². The number of carbonyl (C=O) groups excluding carboxylic acids is 1. The van der Waals surface area contributed by atoms with Crippen LogP contribution in [0.25, 0.3) is 5.69 Å². The number of sulfone groups is 1. The smallest absolute Gasteiger partial charge is 0.291 e. The first-order chi connectivity index (χ1) is 14.0. The Morgan fingerprint density at radius 1 is 1.00 bits per heavy atom. The minimum absolute atomic E-state index is 0.0311. The van der Waals surface area contributed by atoms with Crippen LogP contribution in [0.4, 0.5) is 5.69 Å². The molecule has 8 nitrogen and oxygen atoms in total. The van der Waals surface area contributed by atoms with Gasteiger partial charge in [-0.2, -0.15) is 5.10 Å². The summed E-state index contributed by atoms with van der Waals surface area (Å²) in [5, 5.41) is 6.74. The van der Waals surface area contributed by atoms with Gasteiger partial charge in [0.2, 0.25) is 0 Å². The standard InChI is InChI=1S/C20H16N4O4S/c25-20(23-15-6-8-16(9-7-15)24-14-21-13-22-24)19-11-10-17(28-19)12-29(26,27)18-4-2-1-3-5-18/h1-11,13-14H,12H2,(H,23,25). The number of aromatic nitrogens is 3. The van der Waals surface area contributed by atoms with Crippen LogP contribution in [0.2, 0.25) is 0 Å². The van der Waals surface area contributed by atoms with Gasteiger partial charge in [-0.1, -0.05) is 18.2 Å². The van der Waals surface area contributed by atoms with Gasteiger partial charge in [0.05, 0.1) is 10.6 Å². The van der Waals surface area contributed by atoms with E-state index < -0.39 is 15.7 Å². The maximum atomic E-state index is 12.4. The van der Waals surface area contributed by atoms with Gasteiger partial charge in [0.15, 0.2) is 15.6 Å². The summed E-state index contributed by atoms with van der Waals surface area (Å²) in [6.07, 6.45) is 3.00. The lowest BCUT2D eigenvalue weighted by Gasteiger charge is -2.05. The average Bonchev–Trinajstić information content (AvgIpc) is 3.41. The second kappa shape index (κ2) is 7.72. The summed E-state index contributed by atoms with van der Waals surface area (Å²) >= 11 is 0. The number of carbonyl (C=O) groups is 1. The molecule has 146 valence electrons. The van der Waals surface area contributed by atoms with Gasteiger partial charge >= 0.3 is 0 Å². The van der Waals surface area contributed by atoms with Crippen LogP contribution in [0, 0.1) is 0 Å². The molecule has 0 aliphatic heterocycles. The Balaban J connectivity index is 1.43. The van der Waals surface area contributed by atoms with Crippen LogP contribution >= 0.6 is 0 Å². The van der Waals surface area contributed by atoms with Crippen molar-refractivity contribution < 1.29 is 17.6 Å². The zero-order valence-corrected chi connectivity index (χ0v) is 15.9. The second-order valence-corrected chi connectivity index (χ2v) is 8.17. The second-order valence-electron chi connectivity index (χ2n) is 6.18. The highest BCUT2D eigenvalue weighted by Gasteiger charge is 2.19. The molecule has 0 aliphatic carbocycles. The number of nitrogens with zero attached hydrogens (tertiary/aromatic N) is 3. The van der Waals surface area contributed by atoms with E-state index >= 15 is 0 Å². The quantitative estimate of drug-likeness (QED) is 0.525. The Bertz CT molecular complexity index is 1220. The molecule has 4 rings (SSSR count). The van der Waals surface area contributed by atoms with Crippen molar-refractivity contribution in [2.45, 2.75) is 10.6 Å². The summed E-state index contributed by atoms with van der Waals surface area (Å²) in [5.74, 6) is -0.567. The van der Waals surface area contributed by atoms with Gasteiger partial charge in [-0.3, -0.25) is 4.79 Å². The fraction of sp³-hybridized carbons (Fsp3) is 0.0500. The SMILES string of the molecule is O=C(Nc1ccc(-n2cncn2)cc1)c1ccc(CS(=O)(=O)c2ccccc2)o1. The first-order valence-corrected chi connectivity index (χ1v) is 10.3. The van der Waals surface area contributed by atoms with Crippen LogP contribution in [-0.4, -0.2) is 29.1 Å². The summed E-state index contributed by atoms with van der Waals surface area (Å²) < 4.78 is 31.9. The van der Waals surface area contributed by atoms with Gasteiger partial charge < -0.3 is 9.73 Å². The van der Waals surface area contributed by atoms with E-state index in [0.29, 0.717) is 5.69 Å². The molecule has 29 heavy (non-hydrogen) atoms. The minimum atomic E-state index is -3.55. The van der Waals surface area contributed by atoms with Crippen molar-refractivity contribution in [1.82, 2.24) is 14.8 Å². The van der Waals surface area contributed by atoms with Gasteiger partial charge in [0.25, 0.3) is 5.91 Å². The topological polar surface area (TPSA) is 107 Å². The molecule has 0 bridgehead atoms. The normalized spacial score (nSPS) is 11.3. The molecular formula is C20H16N4O4S. The molecular weight excluding hydrogens is 392 g/mol. The Morgan fingerprint density at radius 3 is 2.45 bits per heavy atom. The number of hydrogen-bond donors (Lipinski definition) is 1. The summed E-state index contributed by atoms with van der Waals surface area (Å²) in [7, 11) is -3.55. The van der Waals surface area contributed by atoms with E-state index in [1.807, 2.05) is 0 Å². The maximum Gasteiger partial charge on any atom is 0.291 e. The van der Waals surface area contributed by atoms with Crippen LogP contribution in [0.15, 0.2) is 88.7 Å². The van der Waals surface area contributed by atoms with E-state index in [1.165, 1.54) is 30.6 Å². The molecule has 0 saturated heterocycles. The van der Waals surface area contributed by atoms with Crippen LogP contribution in [0.5, 0.6) is 0 Å². The molecule has 0 aliphatic rings. The molecule has 0 radical (unpaired) electrons. The summed E-state index contributed by atoms with van der Waals surface area (Å²) in [4.78, 5) is 16.5. The molecule has 0 unspecified atom stereocenters. The lowest BCUT2D eigenvalue weighted by atomic mass is 10.2. The summed E-state index contributed by atoms with van der Waals surface area (Å²) in [6, 6.07) is 18.0. The fourth-order valence-corrected chi connectivity index (χ4v) is 3.98. The molecule has 4 aromatic rings. The van der Waals surface area contributed by atoms with Gasteiger partial charge in [-0.05, 0) is 48.5 Å². The third-order valence-electron chi connectivity index (χ3n) is 4.13. The Hall–Kier alpha value is -3.72. The number of rotatable bonds is 6. The largest absolute Gasteiger partial charge is 0.455 e. The van der Waals surface area contributed by atoms with E-state index in [4.69, 9.17) is 4.42 Å². The van der Waals surface area contributed by atoms with E-state index in [-0.39, 0.29) is 22.2 Å². The van der Waals surface area contributed by atoms with Crippen molar-refractivity contribution in [3.05, 3.63) is 90.9 Å². The lowest BCUT2D eigenvalue weighted by molar-refractivity contribution is 0.0995. The Kier molecular flexibility index (Phi) is 4.96. The average molecular weight is 408 g/mol. The lowest BCUT2D eigenvalue weighted by Crippen LogP contribution is -2.11. The Morgan fingerprint density at radius 2 is 1.76 bits per heavy atom. The van der Waals surface area contributed by atoms with E-state index in [9.17, 15) is 13.2 Å². The third-order valence-corrected chi connectivity index (χ3v) is 5.78. The number of anilines is 1. The zero-order valence-electron chi connectivity index (χ0n) is 15.1. The number of furan rings is 1. The van der Waals surface area contributed by atoms with Crippen molar-refractivity contribution in [1.29, 1.82) is 0 Å². The third kappa shape index (κ3) is 4.25. The van der Waals surface area contributed by atoms with Crippen molar-refractivity contribution in [3.63, 3.8) is 0 Å². The predicted octanol–water partition coefficient (Wildman–Crippen LogP) is 3.09. The van der Waals surface area contributed by atoms with Gasteiger partial charge in [-0.15, -0.1) is 0 Å². The monoisotopic (exact) mass is 408 g/mol. The maximum absolute atomic E-state index is 12.4. The van der Waals surface area contributed by atoms with Crippen LogP contribution < -0.4 is 5.32 Å². The van der Waals surface area contributed by atoms with Crippen LogP contribution in [0.3, 0.4) is 0 Å². The zero-order chi connectivity index (χ0) is 20.3. The molecule has 0 fully saturated rings. The molecule has 2 aromatic heterocycles. The Labute approximate surface area is 166 Å². The predicted molar refractivity (Wildman–Crippen MR) is 105 cm³/mol. The number of amides is 1. The summed E-state index contributed by atoms with van der Waals surface area (Å²) in [6.45, 7) is 0. The molecule has 2 heterocycles. The number of benzene rings is 2. The van der Waals surface area contributed by atoms with Crippen molar-refractivity contribution in [3.8, 4) is 5.69 Å². The van der Waals surface area contributed by atoms with Gasteiger partial charge in [-0.25, -0.2) is 18.1 Å². The van der Waals surface area contributed by atoms with Crippen LogP contribution in [0.1, 0.15) is 16.3 Å². The molecule has 0 saturated carbocycles. The van der Waals surface area contributed by atoms with Gasteiger partial charge in [0.1, 0.15) is 24.2 Å². The highest BCUT2D eigenvalue weighted by molar-refractivity contribution is 7.90. The molecule has 1 amide bonds. The fourth-order valence-electron chi connectivity index (χ4n) is 2.71. The van der Waals surface area contributed by atoms with Crippen molar-refractivity contribution in [2.24, 2.45) is 0 Å². The highest BCUT2D eigenvalue weighted by atomic mass is 32.2. The minimum Gasteiger partial charge on any atom is -0.455 e. The van der Waals surface area contributed by atoms with Crippen molar-refractivity contribution >= 4 is 21.4 Å². The highest BCUT2D eigenvalue weighted by Crippen LogP contribution is 2.19. The van der Waals surface area contributed by atoms with Crippen molar-refractivity contribution in [2.75, 3.05) is 5.32 Å². The summed E-state index contributed by atoms with van der Waals surface area (Å²) in [5.41, 5.74) is 1.36. The molecule has 9 heteroatoms. The van der Waals surface area contributed by atoms with E-state index in [0.717, 1.165) is 5.69 Å². The molecule has 0 atom stereocenters. The van der Waals surface area contributed by atoms with Gasteiger partial charge in [0, 0.05) is 5.69 Å². The number of nitrogens with one attached hydrogen (secondary N) is 1. The van der Waals surface area contributed by atoms with Crippen LogP contribution in [-0.2, 0) is 15.6 Å². The van der Waals surface area contributed by atoms with E-state index in [1.54, 1.807) is 53.5 Å². The first kappa shape index (κ1) is 18.6. The molecule has 2 aromatic carbocycles.